The molecule has 2 aliphatic rings. The molecule has 0 saturated carbocycles. The number of benzene rings is 2. The zero-order chi connectivity index (χ0) is 20.8. The predicted molar refractivity (Wildman–Crippen MR) is 109 cm³/mol. The van der Waals surface area contributed by atoms with Crippen molar-refractivity contribution in [3.8, 4) is 23.3 Å². The van der Waals surface area contributed by atoms with Crippen molar-refractivity contribution < 1.29 is 14.3 Å². The Labute approximate surface area is 174 Å². The molecule has 1 atom stereocenters. The van der Waals surface area contributed by atoms with Crippen molar-refractivity contribution in [2.24, 2.45) is 0 Å². The second-order valence-electron chi connectivity index (χ2n) is 7.45. The Morgan fingerprint density at radius 1 is 1.13 bits per heavy atom. The summed E-state index contributed by atoms with van der Waals surface area (Å²) in [5.74, 6) is 1.37. The molecule has 2 aliphatic heterocycles. The lowest BCUT2D eigenvalue weighted by molar-refractivity contribution is 0.0629. The first kappa shape index (κ1) is 18.3. The number of rotatable bonds is 3. The topological polar surface area (TPSA) is 80.4 Å². The molecule has 2 aromatic carbocycles. The first-order valence-electron chi connectivity index (χ1n) is 9.77. The van der Waals surface area contributed by atoms with Crippen LogP contribution in [0.2, 0.25) is 0 Å². The number of nitriles is 1. The minimum absolute atomic E-state index is 0.00146. The van der Waals surface area contributed by atoms with Gasteiger partial charge < -0.3 is 14.4 Å². The second kappa shape index (κ2) is 6.92. The van der Waals surface area contributed by atoms with Gasteiger partial charge in [-0.1, -0.05) is 0 Å². The summed E-state index contributed by atoms with van der Waals surface area (Å²) in [6.07, 6.45) is 3.08. The monoisotopic (exact) mass is 400 g/mol. The minimum Gasteiger partial charge on any atom is -0.493 e. The molecule has 3 aromatic rings. The summed E-state index contributed by atoms with van der Waals surface area (Å²) in [6, 6.07) is 13.3. The molecule has 3 heterocycles. The van der Waals surface area contributed by atoms with Crippen LogP contribution in [0.5, 0.6) is 11.5 Å². The van der Waals surface area contributed by atoms with Gasteiger partial charge in [0.05, 0.1) is 55.0 Å². The van der Waals surface area contributed by atoms with Gasteiger partial charge in [0.25, 0.3) is 5.91 Å². The third-order valence-electron chi connectivity index (χ3n) is 5.99. The molecule has 1 aromatic heterocycles. The van der Waals surface area contributed by atoms with E-state index in [9.17, 15) is 4.79 Å². The third kappa shape index (κ3) is 2.65. The number of carbonyl (C=O) groups excluding carboxylic acids is 1. The van der Waals surface area contributed by atoms with Crippen molar-refractivity contribution in [1.29, 1.82) is 5.26 Å². The molecule has 0 bridgehead atoms. The van der Waals surface area contributed by atoms with Crippen molar-refractivity contribution in [2.45, 2.75) is 18.9 Å². The molecule has 0 unspecified atom stereocenters. The first-order chi connectivity index (χ1) is 14.6. The Hall–Kier alpha value is -3.79. The molecule has 0 radical (unpaired) electrons. The summed E-state index contributed by atoms with van der Waals surface area (Å²) in [4.78, 5) is 15.2. The summed E-state index contributed by atoms with van der Waals surface area (Å²) in [5.41, 5.74) is 5.21. The van der Waals surface area contributed by atoms with Gasteiger partial charge in [-0.2, -0.15) is 10.4 Å². The molecule has 0 saturated heterocycles. The fourth-order valence-electron chi connectivity index (χ4n) is 4.48. The van der Waals surface area contributed by atoms with Crippen LogP contribution in [0.15, 0.2) is 42.6 Å². The van der Waals surface area contributed by atoms with Crippen LogP contribution in [-0.2, 0) is 12.8 Å². The molecule has 0 N–H and O–H groups in total. The lowest BCUT2D eigenvalue weighted by Gasteiger charge is -2.40. The van der Waals surface area contributed by atoms with Gasteiger partial charge in [0.1, 0.15) is 0 Å². The van der Waals surface area contributed by atoms with Gasteiger partial charge in [0, 0.05) is 13.0 Å². The van der Waals surface area contributed by atoms with Gasteiger partial charge in [0.15, 0.2) is 11.5 Å². The SMILES string of the molecule is COc1cc2c(cc1OC)[C@H]1Cc3c(cnn3-c3ccc(C#N)cc3)C(=O)N1CC2. The number of ether oxygens (including phenoxy) is 2. The number of fused-ring (bicyclic) bond motifs is 4. The number of amides is 1. The highest BCUT2D eigenvalue weighted by Gasteiger charge is 2.39. The molecule has 150 valence electrons. The summed E-state index contributed by atoms with van der Waals surface area (Å²) >= 11 is 0. The van der Waals surface area contributed by atoms with Crippen LogP contribution in [0.25, 0.3) is 5.69 Å². The number of carbonyl (C=O) groups is 1. The van der Waals surface area contributed by atoms with E-state index in [1.807, 2.05) is 29.2 Å². The maximum absolute atomic E-state index is 13.3. The molecular weight excluding hydrogens is 380 g/mol. The Morgan fingerprint density at radius 2 is 1.87 bits per heavy atom. The third-order valence-corrected chi connectivity index (χ3v) is 5.99. The first-order valence-corrected chi connectivity index (χ1v) is 9.77. The van der Waals surface area contributed by atoms with Crippen molar-refractivity contribution in [3.63, 3.8) is 0 Å². The zero-order valence-electron chi connectivity index (χ0n) is 16.8. The second-order valence-corrected chi connectivity index (χ2v) is 7.45. The molecule has 0 aliphatic carbocycles. The summed E-state index contributed by atoms with van der Waals surface area (Å²) < 4.78 is 12.8. The molecule has 0 fully saturated rings. The van der Waals surface area contributed by atoms with Gasteiger partial charge in [0.2, 0.25) is 0 Å². The van der Waals surface area contributed by atoms with Crippen molar-refractivity contribution in [3.05, 3.63) is 70.5 Å². The Kier molecular flexibility index (Phi) is 4.21. The molecule has 0 spiro atoms. The van der Waals surface area contributed by atoms with Gasteiger partial charge in [-0.3, -0.25) is 4.79 Å². The number of aromatic nitrogens is 2. The normalized spacial score (nSPS) is 16.9. The smallest absolute Gasteiger partial charge is 0.257 e. The van der Waals surface area contributed by atoms with E-state index in [1.54, 1.807) is 37.2 Å². The van der Waals surface area contributed by atoms with E-state index in [-0.39, 0.29) is 11.9 Å². The Morgan fingerprint density at radius 3 is 2.57 bits per heavy atom. The standard InChI is InChI=1S/C23H20N4O3/c1-29-21-9-15-7-8-26-19(17(15)10-22(21)30-2)11-20-18(23(26)28)13-25-27(20)16-5-3-14(12-24)4-6-16/h3-6,9-10,13,19H,7-8,11H2,1-2H3/t19-/m1/s1. The van der Waals surface area contributed by atoms with E-state index in [4.69, 9.17) is 14.7 Å². The van der Waals surface area contributed by atoms with Gasteiger partial charge in [-0.15, -0.1) is 0 Å². The van der Waals surface area contributed by atoms with Crippen LogP contribution >= 0.6 is 0 Å². The Balaban J connectivity index is 1.59. The molecule has 5 rings (SSSR count). The summed E-state index contributed by atoms with van der Waals surface area (Å²) in [6.45, 7) is 0.660. The van der Waals surface area contributed by atoms with Crippen molar-refractivity contribution >= 4 is 5.91 Å². The summed E-state index contributed by atoms with van der Waals surface area (Å²) in [7, 11) is 3.25. The van der Waals surface area contributed by atoms with Gasteiger partial charge in [-0.05, 0) is 53.9 Å². The van der Waals surface area contributed by atoms with Gasteiger partial charge >= 0.3 is 0 Å². The molecule has 7 nitrogen and oxygen atoms in total. The molecule has 7 heteroatoms. The zero-order valence-corrected chi connectivity index (χ0v) is 16.8. The Bertz CT molecular complexity index is 1190. The average molecular weight is 400 g/mol. The molecule has 30 heavy (non-hydrogen) atoms. The molecular formula is C23H20N4O3. The van der Waals surface area contributed by atoms with Crippen molar-refractivity contribution in [1.82, 2.24) is 14.7 Å². The van der Waals surface area contributed by atoms with E-state index in [2.05, 4.69) is 11.2 Å². The highest BCUT2D eigenvalue weighted by Crippen LogP contribution is 2.42. The highest BCUT2D eigenvalue weighted by atomic mass is 16.5. The van der Waals surface area contributed by atoms with Crippen LogP contribution in [0, 0.1) is 11.3 Å². The number of nitrogens with zero attached hydrogens (tertiary/aromatic N) is 4. The van der Waals surface area contributed by atoms with Crippen LogP contribution in [0.3, 0.4) is 0 Å². The fraction of sp³-hybridized carbons (Fsp3) is 0.261. The van der Waals surface area contributed by atoms with E-state index in [1.165, 1.54) is 5.56 Å². The number of hydrogen-bond acceptors (Lipinski definition) is 5. The van der Waals surface area contributed by atoms with E-state index in [0.29, 0.717) is 35.6 Å². The van der Waals surface area contributed by atoms with Crippen LogP contribution in [-0.4, -0.2) is 41.4 Å². The lowest BCUT2D eigenvalue weighted by atomic mass is 9.85. The summed E-state index contributed by atoms with van der Waals surface area (Å²) in [5, 5.41) is 13.5. The average Bonchev–Trinajstić information content (AvgIpc) is 3.22. The highest BCUT2D eigenvalue weighted by molar-refractivity contribution is 5.97. The quantitative estimate of drug-likeness (QED) is 0.675. The van der Waals surface area contributed by atoms with Crippen molar-refractivity contribution in [2.75, 3.05) is 20.8 Å². The maximum atomic E-state index is 13.3. The van der Waals surface area contributed by atoms with E-state index in [0.717, 1.165) is 23.4 Å². The number of methoxy groups -OCH3 is 2. The lowest BCUT2D eigenvalue weighted by Crippen LogP contribution is -2.44. The number of hydrogen-bond donors (Lipinski definition) is 0. The van der Waals surface area contributed by atoms with Crippen LogP contribution < -0.4 is 9.47 Å². The predicted octanol–water partition coefficient (Wildman–Crippen LogP) is 3.06. The molecule has 1 amide bonds. The minimum atomic E-state index is -0.0811. The van der Waals surface area contributed by atoms with Crippen LogP contribution in [0.4, 0.5) is 0 Å². The maximum Gasteiger partial charge on any atom is 0.257 e. The van der Waals surface area contributed by atoms with Crippen LogP contribution in [0.1, 0.15) is 38.8 Å². The van der Waals surface area contributed by atoms with Gasteiger partial charge in [-0.25, -0.2) is 4.68 Å². The largest absolute Gasteiger partial charge is 0.493 e. The van der Waals surface area contributed by atoms with E-state index >= 15 is 0 Å². The van der Waals surface area contributed by atoms with E-state index < -0.39 is 0 Å². The fourth-order valence-corrected chi connectivity index (χ4v) is 4.48.